The van der Waals surface area contributed by atoms with E-state index in [2.05, 4.69) is 19.2 Å². The quantitative estimate of drug-likeness (QED) is 0.765. The Morgan fingerprint density at radius 3 is 2.53 bits per heavy atom. The maximum Gasteiger partial charge on any atom is 0.00926 e. The van der Waals surface area contributed by atoms with Gasteiger partial charge in [-0.2, -0.15) is 0 Å². The zero-order chi connectivity index (χ0) is 12.1. The van der Waals surface area contributed by atoms with Gasteiger partial charge in [0.05, 0.1) is 0 Å². The van der Waals surface area contributed by atoms with Gasteiger partial charge in [0.1, 0.15) is 0 Å². The van der Waals surface area contributed by atoms with Crippen molar-refractivity contribution in [3.63, 3.8) is 0 Å². The molecule has 0 heterocycles. The molecule has 0 aromatic heterocycles. The molecule has 2 saturated carbocycles. The molecule has 1 nitrogen and oxygen atoms in total. The summed E-state index contributed by atoms with van der Waals surface area (Å²) in [6.07, 6.45) is 13.1. The van der Waals surface area contributed by atoms with Gasteiger partial charge in [-0.3, -0.25) is 0 Å². The van der Waals surface area contributed by atoms with Gasteiger partial charge < -0.3 is 5.32 Å². The van der Waals surface area contributed by atoms with Gasteiger partial charge in [-0.25, -0.2) is 0 Å². The SMILES string of the molecule is CC1CCCC(CCNC2CCCCC2C)C1. The second kappa shape index (κ2) is 6.78. The van der Waals surface area contributed by atoms with Gasteiger partial charge in [-0.15, -0.1) is 0 Å². The molecule has 0 aliphatic heterocycles. The first-order chi connectivity index (χ1) is 8.25. The normalized spacial score (nSPS) is 39.2. The zero-order valence-electron chi connectivity index (χ0n) is 11.9. The number of rotatable bonds is 4. The summed E-state index contributed by atoms with van der Waals surface area (Å²) in [5, 5.41) is 3.83. The van der Waals surface area contributed by atoms with Crippen LogP contribution in [0.15, 0.2) is 0 Å². The lowest BCUT2D eigenvalue weighted by Gasteiger charge is -2.31. The van der Waals surface area contributed by atoms with Crippen molar-refractivity contribution in [3.05, 3.63) is 0 Å². The smallest absolute Gasteiger partial charge is 0.00926 e. The van der Waals surface area contributed by atoms with Crippen LogP contribution in [0.2, 0.25) is 0 Å². The third-order valence-electron chi connectivity index (χ3n) is 5.12. The van der Waals surface area contributed by atoms with Crippen molar-refractivity contribution in [1.82, 2.24) is 5.32 Å². The number of hydrogen-bond acceptors (Lipinski definition) is 1. The number of nitrogens with one attached hydrogen (secondary N) is 1. The van der Waals surface area contributed by atoms with Crippen LogP contribution in [0.5, 0.6) is 0 Å². The van der Waals surface area contributed by atoms with E-state index in [0.717, 1.165) is 23.8 Å². The van der Waals surface area contributed by atoms with Crippen LogP contribution >= 0.6 is 0 Å². The van der Waals surface area contributed by atoms with Crippen molar-refractivity contribution < 1.29 is 0 Å². The van der Waals surface area contributed by atoms with E-state index < -0.39 is 0 Å². The van der Waals surface area contributed by atoms with Gasteiger partial charge >= 0.3 is 0 Å². The minimum Gasteiger partial charge on any atom is -0.314 e. The van der Waals surface area contributed by atoms with E-state index in [0.29, 0.717) is 0 Å². The molecule has 4 unspecified atom stereocenters. The van der Waals surface area contributed by atoms with Crippen molar-refractivity contribution in [2.75, 3.05) is 6.54 Å². The second-order valence-electron chi connectivity index (χ2n) is 6.75. The Morgan fingerprint density at radius 2 is 1.76 bits per heavy atom. The molecule has 0 aromatic carbocycles. The molecule has 0 aromatic rings. The minimum absolute atomic E-state index is 0.824. The molecular weight excluding hydrogens is 206 g/mol. The van der Waals surface area contributed by atoms with E-state index in [-0.39, 0.29) is 0 Å². The number of hydrogen-bond donors (Lipinski definition) is 1. The summed E-state index contributed by atoms with van der Waals surface area (Å²) in [4.78, 5) is 0. The Kier molecular flexibility index (Phi) is 5.34. The van der Waals surface area contributed by atoms with E-state index in [1.165, 1.54) is 64.3 Å². The van der Waals surface area contributed by atoms with E-state index in [1.807, 2.05) is 0 Å². The fourth-order valence-electron chi connectivity index (χ4n) is 3.91. The molecule has 0 bridgehead atoms. The molecule has 2 rings (SSSR count). The van der Waals surface area contributed by atoms with E-state index in [9.17, 15) is 0 Å². The highest BCUT2D eigenvalue weighted by Crippen LogP contribution is 2.30. The summed E-state index contributed by atoms with van der Waals surface area (Å²) in [5.74, 6) is 2.92. The van der Waals surface area contributed by atoms with Crippen LogP contribution in [0.1, 0.15) is 71.6 Å². The summed E-state index contributed by atoms with van der Waals surface area (Å²) < 4.78 is 0. The highest BCUT2D eigenvalue weighted by Gasteiger charge is 2.22. The highest BCUT2D eigenvalue weighted by atomic mass is 14.9. The highest BCUT2D eigenvalue weighted by molar-refractivity contribution is 4.79. The molecule has 0 spiro atoms. The van der Waals surface area contributed by atoms with Gasteiger partial charge in [0.25, 0.3) is 0 Å². The Bertz CT molecular complexity index is 214. The molecule has 2 aliphatic carbocycles. The predicted molar refractivity (Wildman–Crippen MR) is 75.2 cm³/mol. The second-order valence-corrected chi connectivity index (χ2v) is 6.75. The van der Waals surface area contributed by atoms with Crippen molar-refractivity contribution in [2.24, 2.45) is 17.8 Å². The molecule has 0 radical (unpaired) electrons. The Morgan fingerprint density at radius 1 is 0.941 bits per heavy atom. The topological polar surface area (TPSA) is 12.0 Å². The van der Waals surface area contributed by atoms with Gasteiger partial charge in [0, 0.05) is 6.04 Å². The first-order valence-corrected chi connectivity index (χ1v) is 7.99. The standard InChI is InChI=1S/C16H31N/c1-13-6-5-8-15(12-13)10-11-17-16-9-4-3-7-14(16)2/h13-17H,3-12H2,1-2H3. The van der Waals surface area contributed by atoms with E-state index in [4.69, 9.17) is 0 Å². The molecule has 4 atom stereocenters. The average Bonchev–Trinajstić information content (AvgIpc) is 2.32. The van der Waals surface area contributed by atoms with E-state index >= 15 is 0 Å². The van der Waals surface area contributed by atoms with Crippen LogP contribution in [-0.4, -0.2) is 12.6 Å². The first-order valence-electron chi connectivity index (χ1n) is 7.99. The summed E-state index contributed by atoms with van der Waals surface area (Å²) in [7, 11) is 0. The van der Waals surface area contributed by atoms with Gasteiger partial charge in [0.2, 0.25) is 0 Å². The Balaban J connectivity index is 1.61. The molecule has 0 amide bonds. The lowest BCUT2D eigenvalue weighted by Crippen LogP contribution is -2.38. The van der Waals surface area contributed by atoms with Crippen molar-refractivity contribution in [2.45, 2.75) is 77.7 Å². The Hall–Kier alpha value is -0.0400. The first kappa shape index (κ1) is 13.4. The summed E-state index contributed by atoms with van der Waals surface area (Å²) in [5.41, 5.74) is 0. The molecule has 0 saturated heterocycles. The molecular formula is C16H31N. The van der Waals surface area contributed by atoms with Crippen LogP contribution in [0.4, 0.5) is 0 Å². The van der Waals surface area contributed by atoms with Crippen LogP contribution in [0.25, 0.3) is 0 Å². The summed E-state index contributed by atoms with van der Waals surface area (Å²) in [6.45, 7) is 6.13. The third-order valence-corrected chi connectivity index (χ3v) is 5.12. The third kappa shape index (κ3) is 4.28. The molecule has 1 heteroatoms. The van der Waals surface area contributed by atoms with Crippen molar-refractivity contribution in [1.29, 1.82) is 0 Å². The minimum atomic E-state index is 0.824. The van der Waals surface area contributed by atoms with E-state index in [1.54, 1.807) is 0 Å². The lowest BCUT2D eigenvalue weighted by atomic mass is 9.80. The average molecular weight is 237 g/mol. The van der Waals surface area contributed by atoms with Crippen molar-refractivity contribution in [3.8, 4) is 0 Å². The fourth-order valence-corrected chi connectivity index (χ4v) is 3.91. The Labute approximate surface area is 108 Å². The largest absolute Gasteiger partial charge is 0.314 e. The monoisotopic (exact) mass is 237 g/mol. The van der Waals surface area contributed by atoms with Crippen LogP contribution < -0.4 is 5.32 Å². The van der Waals surface area contributed by atoms with Crippen LogP contribution in [-0.2, 0) is 0 Å². The lowest BCUT2D eigenvalue weighted by molar-refractivity contribution is 0.244. The van der Waals surface area contributed by atoms with Crippen LogP contribution in [0, 0.1) is 17.8 Å². The summed E-state index contributed by atoms with van der Waals surface area (Å²) in [6, 6.07) is 0.824. The zero-order valence-corrected chi connectivity index (χ0v) is 11.9. The van der Waals surface area contributed by atoms with Gasteiger partial charge in [-0.05, 0) is 50.0 Å². The predicted octanol–water partition coefficient (Wildman–Crippen LogP) is 4.37. The maximum absolute atomic E-state index is 3.83. The molecule has 100 valence electrons. The van der Waals surface area contributed by atoms with Gasteiger partial charge in [0.15, 0.2) is 0 Å². The molecule has 2 aliphatic rings. The summed E-state index contributed by atoms with van der Waals surface area (Å²) >= 11 is 0. The fraction of sp³-hybridized carbons (Fsp3) is 1.00. The van der Waals surface area contributed by atoms with Gasteiger partial charge in [-0.1, -0.05) is 46.0 Å². The van der Waals surface area contributed by atoms with Crippen LogP contribution in [0.3, 0.4) is 0 Å². The molecule has 1 N–H and O–H groups in total. The van der Waals surface area contributed by atoms with Crippen molar-refractivity contribution >= 4 is 0 Å². The molecule has 2 fully saturated rings. The maximum atomic E-state index is 3.83. The molecule has 17 heavy (non-hydrogen) atoms.